The molecule has 0 aromatic heterocycles. The van der Waals surface area contributed by atoms with Crippen LogP contribution in [-0.4, -0.2) is 22.5 Å². The maximum atomic E-state index is 11.2. The summed E-state index contributed by atoms with van der Waals surface area (Å²) in [7, 11) is 0. The van der Waals surface area contributed by atoms with E-state index in [4.69, 9.17) is 5.11 Å². The molecule has 0 atom stereocenters. The summed E-state index contributed by atoms with van der Waals surface area (Å²) in [6.07, 6.45) is -0.0933. The van der Waals surface area contributed by atoms with E-state index in [9.17, 15) is 14.9 Å². The summed E-state index contributed by atoms with van der Waals surface area (Å²) in [4.78, 5) is 21.2. The molecule has 2 aromatic rings. The molecule has 0 radical (unpaired) electrons. The molecule has 0 bridgehead atoms. The first-order valence-corrected chi connectivity index (χ1v) is 5.71. The monoisotopic (exact) mass is 260 g/mol. The smallest absolute Gasteiger partial charge is 0.305 e. The maximum absolute atomic E-state index is 11.2. The number of aliphatic carboxylic acids is 1. The van der Waals surface area contributed by atoms with Crippen LogP contribution in [-0.2, 0) is 4.79 Å². The number of hydrogen-bond acceptors (Lipinski definition) is 4. The second-order valence-corrected chi connectivity index (χ2v) is 4.01. The molecule has 0 heterocycles. The van der Waals surface area contributed by atoms with Crippen molar-refractivity contribution in [1.29, 1.82) is 0 Å². The van der Waals surface area contributed by atoms with E-state index >= 15 is 0 Å². The van der Waals surface area contributed by atoms with Gasteiger partial charge in [-0.25, -0.2) is 0 Å². The average Bonchev–Trinajstić information content (AvgIpc) is 2.37. The fraction of sp³-hybridized carbons (Fsp3) is 0.154. The zero-order chi connectivity index (χ0) is 13.8. The summed E-state index contributed by atoms with van der Waals surface area (Å²) in [6, 6.07) is 10.4. The first-order chi connectivity index (χ1) is 9.09. The van der Waals surface area contributed by atoms with Gasteiger partial charge in [0.05, 0.1) is 16.7 Å². The third-order valence-electron chi connectivity index (χ3n) is 2.74. The predicted octanol–water partition coefficient (Wildman–Crippen LogP) is 2.63. The van der Waals surface area contributed by atoms with Crippen LogP contribution in [0.2, 0.25) is 0 Å². The minimum atomic E-state index is -0.948. The topological polar surface area (TPSA) is 92.5 Å². The lowest BCUT2D eigenvalue weighted by atomic mass is 10.1. The maximum Gasteiger partial charge on any atom is 0.305 e. The Kier molecular flexibility index (Phi) is 3.61. The molecule has 0 aliphatic rings. The summed E-state index contributed by atoms with van der Waals surface area (Å²) >= 11 is 0. The molecule has 6 heteroatoms. The molecule has 0 unspecified atom stereocenters. The van der Waals surface area contributed by atoms with Crippen LogP contribution >= 0.6 is 0 Å². The van der Waals surface area contributed by atoms with Crippen molar-refractivity contribution < 1.29 is 14.8 Å². The highest BCUT2D eigenvalue weighted by Gasteiger charge is 2.17. The number of carbonyl (C=O) groups is 1. The molecule has 2 N–H and O–H groups in total. The molecule has 0 amide bonds. The van der Waals surface area contributed by atoms with Gasteiger partial charge in [-0.3, -0.25) is 14.9 Å². The second kappa shape index (κ2) is 5.34. The van der Waals surface area contributed by atoms with Gasteiger partial charge in [-0.2, -0.15) is 0 Å². The van der Waals surface area contributed by atoms with E-state index in [1.807, 2.05) is 6.07 Å². The predicted molar refractivity (Wildman–Crippen MR) is 71.3 cm³/mol. The minimum absolute atomic E-state index is 0.0245. The average molecular weight is 260 g/mol. The van der Waals surface area contributed by atoms with E-state index in [-0.39, 0.29) is 18.7 Å². The molecule has 0 saturated carbocycles. The number of nitrogens with one attached hydrogen (secondary N) is 1. The van der Waals surface area contributed by atoms with Crippen LogP contribution in [0.4, 0.5) is 11.4 Å². The zero-order valence-corrected chi connectivity index (χ0v) is 10.00. The molecule has 0 saturated heterocycles. The normalized spacial score (nSPS) is 10.3. The number of rotatable bonds is 5. The van der Waals surface area contributed by atoms with Gasteiger partial charge in [0, 0.05) is 6.54 Å². The molecule has 0 spiro atoms. The number of hydrogen-bond donors (Lipinski definition) is 2. The molecule has 98 valence electrons. The van der Waals surface area contributed by atoms with Crippen LogP contribution in [0.5, 0.6) is 0 Å². The third kappa shape index (κ3) is 2.79. The van der Waals surface area contributed by atoms with Gasteiger partial charge in [0.2, 0.25) is 0 Å². The first kappa shape index (κ1) is 12.8. The summed E-state index contributed by atoms with van der Waals surface area (Å²) in [5.41, 5.74) is 0.313. The number of carboxylic acids is 1. The Bertz CT molecular complexity index is 640. The van der Waals surface area contributed by atoms with Crippen molar-refractivity contribution in [2.45, 2.75) is 6.42 Å². The third-order valence-corrected chi connectivity index (χ3v) is 2.74. The Morgan fingerprint density at radius 2 is 2.00 bits per heavy atom. The summed E-state index contributed by atoms with van der Waals surface area (Å²) < 4.78 is 0. The highest BCUT2D eigenvalue weighted by Crippen LogP contribution is 2.33. The van der Waals surface area contributed by atoms with Gasteiger partial charge in [-0.15, -0.1) is 0 Å². The minimum Gasteiger partial charge on any atom is -0.481 e. The zero-order valence-electron chi connectivity index (χ0n) is 10.00. The van der Waals surface area contributed by atoms with Crippen molar-refractivity contribution in [2.75, 3.05) is 11.9 Å². The summed E-state index contributed by atoms with van der Waals surface area (Å²) in [5, 5.41) is 23.9. The van der Waals surface area contributed by atoms with E-state index < -0.39 is 10.9 Å². The van der Waals surface area contributed by atoms with Crippen LogP contribution in [0.3, 0.4) is 0 Å². The lowest BCUT2D eigenvalue weighted by Gasteiger charge is -2.08. The highest BCUT2D eigenvalue weighted by atomic mass is 16.6. The van der Waals surface area contributed by atoms with Gasteiger partial charge in [0.25, 0.3) is 5.69 Å². The highest BCUT2D eigenvalue weighted by molar-refractivity contribution is 5.96. The Morgan fingerprint density at radius 3 is 2.68 bits per heavy atom. The Labute approximate surface area is 108 Å². The van der Waals surface area contributed by atoms with Crippen LogP contribution < -0.4 is 5.32 Å². The van der Waals surface area contributed by atoms with Crippen LogP contribution in [0.1, 0.15) is 6.42 Å². The van der Waals surface area contributed by atoms with E-state index in [1.165, 1.54) is 0 Å². The number of benzene rings is 2. The van der Waals surface area contributed by atoms with E-state index in [2.05, 4.69) is 5.32 Å². The molecular formula is C13H12N2O4. The molecule has 19 heavy (non-hydrogen) atoms. The summed E-state index contributed by atoms with van der Waals surface area (Å²) in [6.45, 7) is 0.147. The quantitative estimate of drug-likeness (QED) is 0.636. The second-order valence-electron chi connectivity index (χ2n) is 4.01. The molecular weight excluding hydrogens is 248 g/mol. The van der Waals surface area contributed by atoms with Crippen molar-refractivity contribution >= 4 is 28.1 Å². The van der Waals surface area contributed by atoms with Crippen LogP contribution in [0.25, 0.3) is 10.8 Å². The fourth-order valence-electron chi connectivity index (χ4n) is 1.90. The molecule has 2 aromatic carbocycles. The van der Waals surface area contributed by atoms with Gasteiger partial charge in [-0.05, 0) is 17.5 Å². The standard InChI is InChI=1S/C13H12N2O4/c16-12(17)7-8-14-11-6-5-9-3-1-2-4-10(9)13(11)15(18)19/h1-6,14H,7-8H2,(H,16,17). The fourth-order valence-corrected chi connectivity index (χ4v) is 1.90. The van der Waals surface area contributed by atoms with Crippen LogP contribution in [0.15, 0.2) is 36.4 Å². The summed E-state index contributed by atoms with van der Waals surface area (Å²) in [5.74, 6) is -0.948. The number of nitrogens with zero attached hydrogens (tertiary/aromatic N) is 1. The molecule has 0 fully saturated rings. The molecule has 0 aliphatic carbocycles. The van der Waals surface area contributed by atoms with Crippen molar-refractivity contribution in [2.24, 2.45) is 0 Å². The van der Waals surface area contributed by atoms with Gasteiger partial charge >= 0.3 is 5.97 Å². The van der Waals surface area contributed by atoms with Gasteiger partial charge in [0.15, 0.2) is 0 Å². The van der Waals surface area contributed by atoms with Crippen molar-refractivity contribution in [3.05, 3.63) is 46.5 Å². The number of nitro groups is 1. The van der Waals surface area contributed by atoms with E-state index in [1.54, 1.807) is 30.3 Å². The Hall–Kier alpha value is -2.63. The lowest BCUT2D eigenvalue weighted by molar-refractivity contribution is -0.382. The Morgan fingerprint density at radius 1 is 1.26 bits per heavy atom. The molecule has 2 rings (SSSR count). The first-order valence-electron chi connectivity index (χ1n) is 5.71. The number of fused-ring (bicyclic) bond motifs is 1. The van der Waals surface area contributed by atoms with Gasteiger partial charge in [0.1, 0.15) is 5.69 Å². The van der Waals surface area contributed by atoms with Gasteiger partial charge < -0.3 is 10.4 Å². The molecule has 0 aliphatic heterocycles. The van der Waals surface area contributed by atoms with Crippen LogP contribution in [0, 0.1) is 10.1 Å². The van der Waals surface area contributed by atoms with E-state index in [0.717, 1.165) is 5.39 Å². The lowest BCUT2D eigenvalue weighted by Crippen LogP contribution is -2.09. The largest absolute Gasteiger partial charge is 0.481 e. The number of anilines is 1. The Balaban J connectivity index is 2.40. The molecule has 6 nitrogen and oxygen atoms in total. The van der Waals surface area contributed by atoms with Gasteiger partial charge in [-0.1, -0.05) is 24.3 Å². The van der Waals surface area contributed by atoms with Crippen molar-refractivity contribution in [1.82, 2.24) is 0 Å². The number of carboxylic acid groups (broad SMARTS) is 1. The number of nitro benzene ring substituents is 1. The van der Waals surface area contributed by atoms with Crippen molar-refractivity contribution in [3.8, 4) is 0 Å². The van der Waals surface area contributed by atoms with Crippen molar-refractivity contribution in [3.63, 3.8) is 0 Å². The SMILES string of the molecule is O=C(O)CCNc1ccc2ccccc2c1[N+](=O)[O-]. The van der Waals surface area contributed by atoms with E-state index in [0.29, 0.717) is 11.1 Å².